The van der Waals surface area contributed by atoms with E-state index in [1.54, 1.807) is 0 Å². The number of hydrogen-bond donors (Lipinski definition) is 2. The molecule has 0 radical (unpaired) electrons. The zero-order valence-electron chi connectivity index (χ0n) is 19.2. The molecule has 34 heavy (non-hydrogen) atoms. The fourth-order valence-electron chi connectivity index (χ4n) is 4.57. The van der Waals surface area contributed by atoms with E-state index in [-0.39, 0.29) is 5.91 Å². The van der Waals surface area contributed by atoms with E-state index in [0.29, 0.717) is 5.57 Å². The highest BCUT2D eigenvalue weighted by Crippen LogP contribution is 2.34. The standard InChI is InChI=1S/C26H25N7O/c1-16-3-6-22-20(11-16)21(25(34)29-22)12-17-4-5-19-23(13-17)30-31-24(19)18-14-27-26(28-15-18)33-9-7-32(2)8-10-33/h3-6,11-15H,7-10H2,1-2H3,(H,29,34)(H,30,31)/b21-12+. The number of piperazine rings is 1. The number of anilines is 2. The lowest BCUT2D eigenvalue weighted by molar-refractivity contribution is -0.110. The molecule has 2 aliphatic rings. The number of H-pyrrole nitrogens is 1. The van der Waals surface area contributed by atoms with E-state index in [4.69, 9.17) is 0 Å². The van der Waals surface area contributed by atoms with Crippen molar-refractivity contribution in [2.75, 3.05) is 43.4 Å². The number of benzene rings is 2. The van der Waals surface area contributed by atoms with Gasteiger partial charge < -0.3 is 15.1 Å². The molecule has 2 aromatic heterocycles. The van der Waals surface area contributed by atoms with E-state index < -0.39 is 0 Å². The molecule has 0 atom stereocenters. The van der Waals surface area contributed by atoms with E-state index in [1.165, 1.54) is 0 Å². The lowest BCUT2D eigenvalue weighted by Gasteiger charge is -2.32. The van der Waals surface area contributed by atoms with Crippen molar-refractivity contribution in [3.05, 3.63) is 65.5 Å². The third-order valence-electron chi connectivity index (χ3n) is 6.55. The highest BCUT2D eigenvalue weighted by molar-refractivity contribution is 6.35. The minimum Gasteiger partial charge on any atom is -0.338 e. The van der Waals surface area contributed by atoms with Gasteiger partial charge in [0.2, 0.25) is 5.95 Å². The number of aromatic amines is 1. The fourth-order valence-corrected chi connectivity index (χ4v) is 4.57. The summed E-state index contributed by atoms with van der Waals surface area (Å²) in [5.41, 5.74) is 7.11. The van der Waals surface area contributed by atoms with E-state index >= 15 is 0 Å². The summed E-state index contributed by atoms with van der Waals surface area (Å²) in [5.74, 6) is 0.680. The summed E-state index contributed by atoms with van der Waals surface area (Å²) in [6.45, 7) is 5.92. The van der Waals surface area contributed by atoms with Crippen LogP contribution in [0.3, 0.4) is 0 Å². The third-order valence-corrected chi connectivity index (χ3v) is 6.55. The first-order valence-corrected chi connectivity index (χ1v) is 11.4. The van der Waals surface area contributed by atoms with E-state index in [0.717, 1.165) is 76.7 Å². The topological polar surface area (TPSA) is 90.0 Å². The van der Waals surface area contributed by atoms with Crippen LogP contribution in [0, 0.1) is 6.92 Å². The van der Waals surface area contributed by atoms with Crippen molar-refractivity contribution < 1.29 is 4.79 Å². The largest absolute Gasteiger partial charge is 0.338 e. The second-order valence-electron chi connectivity index (χ2n) is 9.00. The molecular formula is C26H25N7O. The first-order chi connectivity index (χ1) is 16.5. The van der Waals surface area contributed by atoms with Gasteiger partial charge in [-0.15, -0.1) is 0 Å². The number of nitrogens with one attached hydrogen (secondary N) is 2. The molecule has 170 valence electrons. The van der Waals surface area contributed by atoms with Gasteiger partial charge in [0.1, 0.15) is 5.69 Å². The molecule has 6 rings (SSSR count). The van der Waals surface area contributed by atoms with E-state index in [1.807, 2.05) is 61.8 Å². The van der Waals surface area contributed by atoms with Crippen molar-refractivity contribution in [3.8, 4) is 11.3 Å². The van der Waals surface area contributed by atoms with Crippen molar-refractivity contribution in [2.24, 2.45) is 0 Å². The van der Waals surface area contributed by atoms with Crippen LogP contribution in [0.1, 0.15) is 16.7 Å². The predicted octanol–water partition coefficient (Wildman–Crippen LogP) is 3.57. The molecule has 1 fully saturated rings. The van der Waals surface area contributed by atoms with Gasteiger partial charge in [-0.05, 0) is 49.9 Å². The molecule has 0 spiro atoms. The van der Waals surface area contributed by atoms with E-state index in [9.17, 15) is 4.79 Å². The molecule has 1 amide bonds. The SMILES string of the molecule is Cc1ccc2c(c1)/C(=C\c1ccc3c(-c4cnc(N5CCN(C)CC5)nc4)n[nH]c3c1)C(=O)N2. The Bertz CT molecular complexity index is 1430. The molecule has 2 aromatic carbocycles. The van der Waals surface area contributed by atoms with Gasteiger partial charge in [-0.3, -0.25) is 9.89 Å². The van der Waals surface area contributed by atoms with Crippen molar-refractivity contribution >= 4 is 40.1 Å². The van der Waals surface area contributed by atoms with Crippen LogP contribution in [0.4, 0.5) is 11.6 Å². The Hall–Kier alpha value is -4.04. The Morgan fingerprint density at radius 1 is 1.00 bits per heavy atom. The number of rotatable bonds is 3. The van der Waals surface area contributed by atoms with Gasteiger partial charge in [0.05, 0.1) is 5.52 Å². The minimum atomic E-state index is -0.0800. The van der Waals surface area contributed by atoms with Gasteiger partial charge in [-0.1, -0.05) is 17.7 Å². The maximum Gasteiger partial charge on any atom is 0.256 e. The summed E-state index contributed by atoms with van der Waals surface area (Å²) in [7, 11) is 2.13. The average molecular weight is 452 g/mol. The van der Waals surface area contributed by atoms with Crippen LogP contribution >= 0.6 is 0 Å². The van der Waals surface area contributed by atoms with Gasteiger partial charge in [0, 0.05) is 66.3 Å². The van der Waals surface area contributed by atoms with Gasteiger partial charge in [-0.25, -0.2) is 9.97 Å². The summed E-state index contributed by atoms with van der Waals surface area (Å²) < 4.78 is 0. The number of carbonyl (C=O) groups is 1. The molecule has 2 aliphatic heterocycles. The first kappa shape index (κ1) is 20.6. The molecule has 8 heteroatoms. The van der Waals surface area contributed by atoms with Gasteiger partial charge >= 0.3 is 0 Å². The van der Waals surface area contributed by atoms with Gasteiger partial charge in [-0.2, -0.15) is 5.10 Å². The molecule has 8 nitrogen and oxygen atoms in total. The van der Waals surface area contributed by atoms with Crippen LogP contribution in [-0.2, 0) is 4.79 Å². The Kier molecular flexibility index (Phi) is 4.88. The molecular weight excluding hydrogens is 426 g/mol. The van der Waals surface area contributed by atoms with Gasteiger partial charge in [0.25, 0.3) is 5.91 Å². The van der Waals surface area contributed by atoms with Crippen LogP contribution in [0.2, 0.25) is 0 Å². The molecule has 0 bridgehead atoms. The number of aryl methyl sites for hydroxylation is 1. The molecule has 2 N–H and O–H groups in total. The average Bonchev–Trinajstić information content (AvgIpc) is 3.40. The summed E-state index contributed by atoms with van der Waals surface area (Å²) in [6.07, 6.45) is 5.61. The number of aromatic nitrogens is 4. The highest BCUT2D eigenvalue weighted by atomic mass is 16.2. The third kappa shape index (κ3) is 3.62. The highest BCUT2D eigenvalue weighted by Gasteiger charge is 2.24. The number of fused-ring (bicyclic) bond motifs is 2. The summed E-state index contributed by atoms with van der Waals surface area (Å²) >= 11 is 0. The zero-order valence-corrected chi connectivity index (χ0v) is 19.2. The minimum absolute atomic E-state index is 0.0800. The lowest BCUT2D eigenvalue weighted by atomic mass is 10.0. The zero-order chi connectivity index (χ0) is 23.2. The summed E-state index contributed by atoms with van der Waals surface area (Å²) in [6, 6.07) is 12.0. The van der Waals surface area contributed by atoms with Crippen LogP contribution in [-0.4, -0.2) is 64.2 Å². The Morgan fingerprint density at radius 3 is 2.59 bits per heavy atom. The summed E-state index contributed by atoms with van der Waals surface area (Å²) in [5, 5.41) is 11.6. The predicted molar refractivity (Wildman–Crippen MR) is 135 cm³/mol. The Labute approximate surface area is 197 Å². The maximum absolute atomic E-state index is 12.5. The fraction of sp³-hybridized carbons (Fsp3) is 0.231. The second kappa shape index (κ2) is 8.07. The van der Waals surface area contributed by atoms with Crippen molar-refractivity contribution in [3.63, 3.8) is 0 Å². The Morgan fingerprint density at radius 2 is 1.79 bits per heavy atom. The van der Waals surface area contributed by atoms with Crippen LogP contribution in [0.15, 0.2) is 48.8 Å². The van der Waals surface area contributed by atoms with Crippen molar-refractivity contribution in [2.45, 2.75) is 6.92 Å². The molecule has 4 aromatic rings. The van der Waals surface area contributed by atoms with Crippen molar-refractivity contribution in [1.29, 1.82) is 0 Å². The molecule has 0 aliphatic carbocycles. The normalized spacial score (nSPS) is 17.4. The lowest BCUT2D eigenvalue weighted by Crippen LogP contribution is -2.45. The van der Waals surface area contributed by atoms with E-state index in [2.05, 4.69) is 42.3 Å². The van der Waals surface area contributed by atoms with Crippen LogP contribution in [0.5, 0.6) is 0 Å². The number of carbonyl (C=O) groups excluding carboxylic acids is 1. The second-order valence-corrected chi connectivity index (χ2v) is 9.00. The van der Waals surface area contributed by atoms with Crippen molar-refractivity contribution in [1.82, 2.24) is 25.1 Å². The smallest absolute Gasteiger partial charge is 0.256 e. The number of hydrogen-bond acceptors (Lipinski definition) is 6. The van der Waals surface area contributed by atoms with Crippen LogP contribution < -0.4 is 10.2 Å². The number of nitrogens with zero attached hydrogens (tertiary/aromatic N) is 5. The molecule has 1 saturated heterocycles. The first-order valence-electron chi connectivity index (χ1n) is 11.4. The molecule has 0 saturated carbocycles. The van der Waals surface area contributed by atoms with Crippen LogP contribution in [0.25, 0.3) is 33.8 Å². The number of amides is 1. The molecule has 0 unspecified atom stereocenters. The van der Waals surface area contributed by atoms with Gasteiger partial charge in [0.15, 0.2) is 0 Å². The maximum atomic E-state index is 12.5. The monoisotopic (exact) mass is 451 g/mol. The molecule has 4 heterocycles. The number of likely N-dealkylation sites (N-methyl/N-ethyl adjacent to an activating group) is 1. The summed E-state index contributed by atoms with van der Waals surface area (Å²) in [4.78, 5) is 26.3. The Balaban J connectivity index is 1.29. The quantitative estimate of drug-likeness (QED) is 0.463.